The van der Waals surface area contributed by atoms with Gasteiger partial charge in [0.05, 0.1) is 5.69 Å². The molecule has 2 N–H and O–H groups in total. The van der Waals surface area contributed by atoms with Gasteiger partial charge in [-0.25, -0.2) is 0 Å². The molecule has 2 nitrogen and oxygen atoms in total. The lowest BCUT2D eigenvalue weighted by molar-refractivity contribution is 0.243. The van der Waals surface area contributed by atoms with Crippen molar-refractivity contribution in [3.63, 3.8) is 0 Å². The van der Waals surface area contributed by atoms with Crippen LogP contribution >= 0.6 is 28.1 Å². The van der Waals surface area contributed by atoms with E-state index in [0.29, 0.717) is 4.99 Å². The van der Waals surface area contributed by atoms with E-state index in [1.165, 1.54) is 50.8 Å². The molecule has 2 aliphatic rings. The number of thiocarbonyl (C=S) groups is 1. The molecule has 1 aromatic rings. The van der Waals surface area contributed by atoms with Crippen LogP contribution in [0, 0.1) is 5.92 Å². The van der Waals surface area contributed by atoms with Gasteiger partial charge in [-0.2, -0.15) is 0 Å². The third-order valence-electron chi connectivity index (χ3n) is 4.78. The predicted molar refractivity (Wildman–Crippen MR) is 92.4 cm³/mol. The van der Waals surface area contributed by atoms with Crippen molar-refractivity contribution in [3.05, 3.63) is 28.2 Å². The third-order valence-corrected chi connectivity index (χ3v) is 5.66. The molecule has 0 amide bonds. The second kappa shape index (κ2) is 6.02. The fourth-order valence-electron chi connectivity index (χ4n) is 3.82. The number of nitrogens with two attached hydrogens (primary N) is 1. The van der Waals surface area contributed by atoms with E-state index in [2.05, 4.69) is 39.0 Å². The highest BCUT2D eigenvalue weighted by Gasteiger charge is 2.33. The van der Waals surface area contributed by atoms with Gasteiger partial charge in [-0.05, 0) is 65.7 Å². The second-order valence-electron chi connectivity index (χ2n) is 5.98. The van der Waals surface area contributed by atoms with Crippen LogP contribution in [0.15, 0.2) is 22.7 Å². The Morgan fingerprint density at radius 1 is 1.20 bits per heavy atom. The maximum absolute atomic E-state index is 5.71. The number of benzene rings is 1. The van der Waals surface area contributed by atoms with Crippen LogP contribution in [0.5, 0.6) is 0 Å². The fraction of sp³-hybridized carbons (Fsp3) is 0.562. The Labute approximate surface area is 134 Å². The highest BCUT2D eigenvalue weighted by Crippen LogP contribution is 2.40. The molecule has 1 saturated carbocycles. The number of rotatable bonds is 2. The maximum Gasteiger partial charge on any atom is 0.104 e. The van der Waals surface area contributed by atoms with E-state index in [4.69, 9.17) is 18.0 Å². The summed E-state index contributed by atoms with van der Waals surface area (Å²) in [7, 11) is 0. The molecule has 2 unspecified atom stereocenters. The Morgan fingerprint density at radius 3 is 2.70 bits per heavy atom. The van der Waals surface area contributed by atoms with Crippen molar-refractivity contribution in [2.45, 2.75) is 44.6 Å². The highest BCUT2D eigenvalue weighted by atomic mass is 79.9. The van der Waals surface area contributed by atoms with Crippen molar-refractivity contribution in [1.82, 2.24) is 0 Å². The molecule has 0 bridgehead atoms. The zero-order valence-electron chi connectivity index (χ0n) is 11.6. The van der Waals surface area contributed by atoms with Crippen molar-refractivity contribution >= 4 is 38.8 Å². The zero-order chi connectivity index (χ0) is 14.1. The summed E-state index contributed by atoms with van der Waals surface area (Å²) in [5.74, 6) is 0.889. The average Bonchev–Trinajstić information content (AvgIpc) is 2.46. The molecule has 1 aliphatic heterocycles. The Kier molecular flexibility index (Phi) is 4.32. The first-order valence-corrected chi connectivity index (χ1v) is 8.73. The number of hydrogen-bond donors (Lipinski definition) is 1. The van der Waals surface area contributed by atoms with Crippen LogP contribution in [0.3, 0.4) is 0 Å². The van der Waals surface area contributed by atoms with Crippen LogP contribution in [0.2, 0.25) is 0 Å². The Balaban J connectivity index is 1.89. The van der Waals surface area contributed by atoms with Gasteiger partial charge >= 0.3 is 0 Å². The molecule has 108 valence electrons. The summed E-state index contributed by atoms with van der Waals surface area (Å²) in [5.41, 5.74) is 7.96. The smallest absolute Gasteiger partial charge is 0.104 e. The minimum atomic E-state index is 0.464. The molecule has 0 spiro atoms. The van der Waals surface area contributed by atoms with E-state index in [-0.39, 0.29) is 0 Å². The standard InChI is InChI=1S/C16H21BrN2S/c17-13-10-12(16(18)20)7-8-15(13)19-9-3-5-11-4-1-2-6-14(11)19/h7-8,10-11,14H,1-6,9H2,(H2,18,20). The van der Waals surface area contributed by atoms with E-state index < -0.39 is 0 Å². The lowest BCUT2D eigenvalue weighted by Gasteiger charge is -2.45. The van der Waals surface area contributed by atoms with Crippen LogP contribution in [0.4, 0.5) is 5.69 Å². The summed E-state index contributed by atoms with van der Waals surface area (Å²) >= 11 is 8.77. The molecular weight excluding hydrogens is 332 g/mol. The van der Waals surface area contributed by atoms with E-state index >= 15 is 0 Å². The topological polar surface area (TPSA) is 29.3 Å². The molecule has 0 aromatic heterocycles. The normalized spacial score (nSPS) is 26.1. The van der Waals surface area contributed by atoms with Gasteiger partial charge in [-0.3, -0.25) is 0 Å². The molecule has 4 heteroatoms. The average molecular weight is 353 g/mol. The van der Waals surface area contributed by atoms with Gasteiger partial charge in [0, 0.05) is 22.6 Å². The van der Waals surface area contributed by atoms with Crippen LogP contribution in [-0.2, 0) is 0 Å². The number of halogens is 1. The second-order valence-corrected chi connectivity index (χ2v) is 7.27. The zero-order valence-corrected chi connectivity index (χ0v) is 14.0. The minimum Gasteiger partial charge on any atom is -0.389 e. The summed E-state index contributed by atoms with van der Waals surface area (Å²) in [5, 5.41) is 0. The Bertz CT molecular complexity index is 515. The maximum atomic E-state index is 5.71. The molecule has 1 aromatic carbocycles. The van der Waals surface area contributed by atoms with Crippen LogP contribution < -0.4 is 10.6 Å². The number of fused-ring (bicyclic) bond motifs is 1. The van der Waals surface area contributed by atoms with E-state index in [1.54, 1.807) is 0 Å². The van der Waals surface area contributed by atoms with Crippen molar-refractivity contribution < 1.29 is 0 Å². The summed E-state index contributed by atoms with van der Waals surface area (Å²) in [6.07, 6.45) is 8.25. The SMILES string of the molecule is NC(=S)c1ccc(N2CCCC3CCCCC32)c(Br)c1. The van der Waals surface area contributed by atoms with Gasteiger partial charge in [-0.1, -0.05) is 25.1 Å². The van der Waals surface area contributed by atoms with Crippen molar-refractivity contribution in [2.75, 3.05) is 11.4 Å². The van der Waals surface area contributed by atoms with Gasteiger partial charge in [0.2, 0.25) is 0 Å². The molecule has 2 atom stereocenters. The third kappa shape index (κ3) is 2.73. The van der Waals surface area contributed by atoms with Crippen molar-refractivity contribution in [2.24, 2.45) is 11.7 Å². The number of nitrogens with zero attached hydrogens (tertiary/aromatic N) is 1. The van der Waals surface area contributed by atoms with Gasteiger partial charge in [-0.15, -0.1) is 0 Å². The van der Waals surface area contributed by atoms with E-state index in [0.717, 1.165) is 22.0 Å². The summed E-state index contributed by atoms with van der Waals surface area (Å²) in [6.45, 7) is 1.17. The summed E-state index contributed by atoms with van der Waals surface area (Å²) < 4.78 is 1.12. The van der Waals surface area contributed by atoms with E-state index in [1.807, 2.05) is 0 Å². The molecular formula is C16H21BrN2S. The van der Waals surface area contributed by atoms with Gasteiger partial charge in [0.1, 0.15) is 4.99 Å². The summed E-state index contributed by atoms with van der Waals surface area (Å²) in [4.78, 5) is 3.08. The lowest BCUT2D eigenvalue weighted by atomic mass is 9.78. The van der Waals surface area contributed by atoms with Gasteiger partial charge in [0.15, 0.2) is 0 Å². The lowest BCUT2D eigenvalue weighted by Crippen LogP contribution is -2.47. The highest BCUT2D eigenvalue weighted by molar-refractivity contribution is 9.10. The van der Waals surface area contributed by atoms with Gasteiger partial charge < -0.3 is 10.6 Å². The first-order valence-electron chi connectivity index (χ1n) is 7.53. The fourth-order valence-corrected chi connectivity index (χ4v) is 4.55. The van der Waals surface area contributed by atoms with Gasteiger partial charge in [0.25, 0.3) is 0 Å². The molecule has 3 rings (SSSR count). The quantitative estimate of drug-likeness (QED) is 0.807. The first kappa shape index (κ1) is 14.3. The molecule has 1 saturated heterocycles. The molecule has 20 heavy (non-hydrogen) atoms. The minimum absolute atomic E-state index is 0.464. The molecule has 0 radical (unpaired) electrons. The first-order chi connectivity index (χ1) is 9.66. The number of piperidine rings is 1. The van der Waals surface area contributed by atoms with Crippen molar-refractivity contribution in [3.8, 4) is 0 Å². The molecule has 1 heterocycles. The predicted octanol–water partition coefficient (Wildman–Crippen LogP) is 4.24. The molecule has 2 fully saturated rings. The summed E-state index contributed by atoms with van der Waals surface area (Å²) in [6, 6.07) is 7.01. The van der Waals surface area contributed by atoms with Crippen LogP contribution in [-0.4, -0.2) is 17.6 Å². The number of hydrogen-bond acceptors (Lipinski definition) is 2. The van der Waals surface area contributed by atoms with E-state index in [9.17, 15) is 0 Å². The van der Waals surface area contributed by atoms with Crippen molar-refractivity contribution in [1.29, 1.82) is 0 Å². The monoisotopic (exact) mass is 352 g/mol. The molecule has 1 aliphatic carbocycles. The number of anilines is 1. The Hall–Kier alpha value is -0.610. The largest absolute Gasteiger partial charge is 0.389 e. The Morgan fingerprint density at radius 2 is 1.95 bits per heavy atom. The van der Waals surface area contributed by atoms with Crippen LogP contribution in [0.25, 0.3) is 0 Å². The van der Waals surface area contributed by atoms with Crippen LogP contribution in [0.1, 0.15) is 44.1 Å².